The average Bonchev–Trinajstić information content (AvgIpc) is 3.00. The van der Waals surface area contributed by atoms with Crippen molar-refractivity contribution in [1.29, 1.82) is 0 Å². The van der Waals surface area contributed by atoms with E-state index in [1.54, 1.807) is 30.3 Å². The number of rotatable bonds is 3. The maximum absolute atomic E-state index is 13.3. The molecule has 24 heavy (non-hydrogen) atoms. The van der Waals surface area contributed by atoms with Crippen molar-refractivity contribution in [2.24, 2.45) is 5.92 Å². The van der Waals surface area contributed by atoms with Crippen molar-refractivity contribution in [3.63, 3.8) is 0 Å². The van der Waals surface area contributed by atoms with Crippen LogP contribution in [0, 0.1) is 5.92 Å². The van der Waals surface area contributed by atoms with Crippen LogP contribution in [0.4, 0.5) is 19.0 Å². The number of amides is 1. The molecule has 1 aliphatic rings. The lowest BCUT2D eigenvalue weighted by Gasteiger charge is -2.20. The van der Waals surface area contributed by atoms with E-state index in [0.717, 1.165) is 32.1 Å². The number of nitrogens with one attached hydrogen (secondary N) is 2. The van der Waals surface area contributed by atoms with Gasteiger partial charge in [0.05, 0.1) is 5.56 Å². The second kappa shape index (κ2) is 6.67. The predicted octanol–water partition coefficient (Wildman–Crippen LogP) is 4.61. The maximum atomic E-state index is 13.3. The first-order chi connectivity index (χ1) is 11.5. The molecule has 1 heterocycles. The molecule has 0 saturated heterocycles. The number of halogens is 3. The standard InChI is InChI=1S/C17H18F3N3O/c18-17(19,20)14-13(11-7-3-1-4-8-11)15(23-22-14)21-16(24)12-9-5-2-6-10-12/h1,3-4,7-8,12H,2,5-6,9-10H2,(H2,21,22,23,24). The van der Waals surface area contributed by atoms with E-state index in [2.05, 4.69) is 10.4 Å². The van der Waals surface area contributed by atoms with Gasteiger partial charge < -0.3 is 5.32 Å². The van der Waals surface area contributed by atoms with Crippen molar-refractivity contribution in [2.75, 3.05) is 5.32 Å². The van der Waals surface area contributed by atoms with Gasteiger partial charge in [0.25, 0.3) is 0 Å². The van der Waals surface area contributed by atoms with Gasteiger partial charge in [-0.25, -0.2) is 0 Å². The van der Waals surface area contributed by atoms with Crippen LogP contribution in [-0.4, -0.2) is 16.1 Å². The summed E-state index contributed by atoms with van der Waals surface area (Å²) in [6, 6.07) is 8.15. The van der Waals surface area contributed by atoms with Crippen LogP contribution < -0.4 is 5.32 Å². The van der Waals surface area contributed by atoms with Crippen LogP contribution in [-0.2, 0) is 11.0 Å². The third-order valence-corrected chi connectivity index (χ3v) is 4.33. The molecule has 7 heteroatoms. The van der Waals surface area contributed by atoms with Gasteiger partial charge in [0.1, 0.15) is 5.69 Å². The van der Waals surface area contributed by atoms with E-state index in [9.17, 15) is 18.0 Å². The molecule has 4 nitrogen and oxygen atoms in total. The first-order valence-electron chi connectivity index (χ1n) is 7.98. The van der Waals surface area contributed by atoms with E-state index in [0.29, 0.717) is 5.56 Å². The number of carbonyl (C=O) groups excluding carboxylic acids is 1. The van der Waals surface area contributed by atoms with Gasteiger partial charge >= 0.3 is 6.18 Å². The highest BCUT2D eigenvalue weighted by Crippen LogP contribution is 2.39. The van der Waals surface area contributed by atoms with E-state index >= 15 is 0 Å². The van der Waals surface area contributed by atoms with Gasteiger partial charge in [-0.1, -0.05) is 49.6 Å². The Balaban J connectivity index is 1.93. The van der Waals surface area contributed by atoms with Crippen molar-refractivity contribution in [3.05, 3.63) is 36.0 Å². The minimum absolute atomic E-state index is 0.0656. The van der Waals surface area contributed by atoms with Gasteiger partial charge in [-0.15, -0.1) is 0 Å². The molecule has 0 atom stereocenters. The number of alkyl halides is 3. The van der Waals surface area contributed by atoms with Crippen LogP contribution in [0.15, 0.2) is 30.3 Å². The Morgan fingerprint density at radius 3 is 2.42 bits per heavy atom. The summed E-state index contributed by atoms with van der Waals surface area (Å²) >= 11 is 0. The summed E-state index contributed by atoms with van der Waals surface area (Å²) in [6.45, 7) is 0. The third kappa shape index (κ3) is 3.44. The van der Waals surface area contributed by atoms with Gasteiger partial charge in [-0.3, -0.25) is 9.89 Å². The normalized spacial score (nSPS) is 16.1. The highest BCUT2D eigenvalue weighted by atomic mass is 19.4. The van der Waals surface area contributed by atoms with Crippen molar-refractivity contribution in [3.8, 4) is 11.1 Å². The predicted molar refractivity (Wildman–Crippen MR) is 84.2 cm³/mol. The second-order valence-corrected chi connectivity index (χ2v) is 6.01. The Hall–Kier alpha value is -2.31. The van der Waals surface area contributed by atoms with Gasteiger partial charge in [0, 0.05) is 5.92 Å². The number of carbonyl (C=O) groups is 1. The molecule has 0 spiro atoms. The quantitative estimate of drug-likeness (QED) is 0.859. The molecular formula is C17H18F3N3O. The summed E-state index contributed by atoms with van der Waals surface area (Å²) in [4.78, 5) is 12.4. The summed E-state index contributed by atoms with van der Waals surface area (Å²) < 4.78 is 39.8. The zero-order valence-corrected chi connectivity index (χ0v) is 13.0. The molecule has 2 aromatic rings. The Morgan fingerprint density at radius 1 is 1.12 bits per heavy atom. The molecule has 1 amide bonds. The maximum Gasteiger partial charge on any atom is 0.433 e. The number of benzene rings is 1. The Kier molecular flexibility index (Phi) is 4.59. The van der Waals surface area contributed by atoms with E-state index in [-0.39, 0.29) is 23.2 Å². The summed E-state index contributed by atoms with van der Waals surface area (Å²) in [5.74, 6) is -0.482. The van der Waals surface area contributed by atoms with E-state index in [1.807, 2.05) is 5.10 Å². The molecule has 0 radical (unpaired) electrons. The molecule has 3 rings (SSSR count). The van der Waals surface area contributed by atoms with E-state index in [1.165, 1.54) is 0 Å². The number of nitrogens with zero attached hydrogens (tertiary/aromatic N) is 1. The lowest BCUT2D eigenvalue weighted by Crippen LogP contribution is -2.25. The van der Waals surface area contributed by atoms with E-state index in [4.69, 9.17) is 0 Å². The van der Waals surface area contributed by atoms with Crippen molar-refractivity contribution in [1.82, 2.24) is 10.2 Å². The minimum Gasteiger partial charge on any atom is -0.308 e. The molecule has 0 bridgehead atoms. The second-order valence-electron chi connectivity index (χ2n) is 6.01. The number of hydrogen-bond donors (Lipinski definition) is 2. The molecule has 128 valence electrons. The number of anilines is 1. The van der Waals surface area contributed by atoms with Crippen LogP contribution >= 0.6 is 0 Å². The summed E-state index contributed by atoms with van der Waals surface area (Å²) in [6.07, 6.45) is -0.00619. The van der Waals surface area contributed by atoms with Crippen LogP contribution in [0.3, 0.4) is 0 Å². The van der Waals surface area contributed by atoms with Crippen LogP contribution in [0.1, 0.15) is 37.8 Å². The zero-order valence-electron chi connectivity index (χ0n) is 13.0. The monoisotopic (exact) mass is 337 g/mol. The Morgan fingerprint density at radius 2 is 1.79 bits per heavy atom. The molecule has 0 unspecified atom stereocenters. The molecule has 0 aliphatic heterocycles. The number of hydrogen-bond acceptors (Lipinski definition) is 2. The van der Waals surface area contributed by atoms with Crippen molar-refractivity contribution in [2.45, 2.75) is 38.3 Å². The molecule has 1 aromatic heterocycles. The minimum atomic E-state index is -4.58. The van der Waals surface area contributed by atoms with E-state index < -0.39 is 11.9 Å². The molecule has 1 aliphatic carbocycles. The fourth-order valence-electron chi connectivity index (χ4n) is 3.11. The van der Waals surface area contributed by atoms with Crippen LogP contribution in [0.25, 0.3) is 11.1 Å². The van der Waals surface area contributed by atoms with Gasteiger partial charge in [0.15, 0.2) is 5.82 Å². The molecular weight excluding hydrogens is 319 g/mol. The van der Waals surface area contributed by atoms with Crippen LogP contribution in [0.2, 0.25) is 0 Å². The topological polar surface area (TPSA) is 57.8 Å². The Bertz CT molecular complexity index is 704. The summed E-state index contributed by atoms with van der Waals surface area (Å²) in [7, 11) is 0. The number of aromatic amines is 1. The first kappa shape index (κ1) is 16.5. The van der Waals surface area contributed by atoms with Crippen molar-refractivity contribution >= 4 is 11.7 Å². The van der Waals surface area contributed by atoms with Crippen LogP contribution in [0.5, 0.6) is 0 Å². The molecule has 2 N–H and O–H groups in total. The van der Waals surface area contributed by atoms with Gasteiger partial charge in [0.2, 0.25) is 5.91 Å². The number of H-pyrrole nitrogens is 1. The van der Waals surface area contributed by atoms with Crippen molar-refractivity contribution < 1.29 is 18.0 Å². The first-order valence-corrected chi connectivity index (χ1v) is 7.98. The van der Waals surface area contributed by atoms with Gasteiger partial charge in [-0.2, -0.15) is 18.3 Å². The fraction of sp³-hybridized carbons (Fsp3) is 0.412. The summed E-state index contributed by atoms with van der Waals surface area (Å²) in [5.41, 5.74) is -0.711. The lowest BCUT2D eigenvalue weighted by atomic mass is 9.88. The summed E-state index contributed by atoms with van der Waals surface area (Å²) in [5, 5.41) is 8.34. The largest absolute Gasteiger partial charge is 0.433 e. The third-order valence-electron chi connectivity index (χ3n) is 4.33. The number of aromatic nitrogens is 2. The highest BCUT2D eigenvalue weighted by molar-refractivity contribution is 5.96. The average molecular weight is 337 g/mol. The zero-order chi connectivity index (χ0) is 17.2. The fourth-order valence-corrected chi connectivity index (χ4v) is 3.11. The SMILES string of the molecule is O=C(Nc1n[nH]c(C(F)(F)F)c1-c1ccccc1)C1CCCCC1. The van der Waals surface area contributed by atoms with Gasteiger partial charge in [-0.05, 0) is 18.4 Å². The molecule has 1 fully saturated rings. The Labute approximate surface area is 137 Å². The molecule has 1 saturated carbocycles. The molecule has 1 aromatic carbocycles. The smallest absolute Gasteiger partial charge is 0.308 e. The highest BCUT2D eigenvalue weighted by Gasteiger charge is 2.38. The lowest BCUT2D eigenvalue weighted by molar-refractivity contribution is -0.140.